The van der Waals surface area contributed by atoms with E-state index in [1.54, 1.807) is 7.05 Å². The highest BCUT2D eigenvalue weighted by atomic mass is 127. The SMILES string of the molecule is CN=C(NCC(CO)c1ccccc1)NCC1(N2CCOCC2)CCSC1.I. The molecule has 0 saturated carbocycles. The molecule has 3 rings (SSSR count). The predicted molar refractivity (Wildman–Crippen MR) is 128 cm³/mol. The summed E-state index contributed by atoms with van der Waals surface area (Å²) in [7, 11) is 1.80. The summed E-state index contributed by atoms with van der Waals surface area (Å²) < 4.78 is 5.54. The first kappa shape index (κ1) is 23.7. The van der Waals surface area contributed by atoms with E-state index in [1.165, 1.54) is 12.2 Å². The molecule has 2 fully saturated rings. The van der Waals surface area contributed by atoms with Gasteiger partial charge in [-0.1, -0.05) is 30.3 Å². The summed E-state index contributed by atoms with van der Waals surface area (Å²) in [6.07, 6.45) is 1.20. The van der Waals surface area contributed by atoms with Gasteiger partial charge in [-0.2, -0.15) is 11.8 Å². The lowest BCUT2D eigenvalue weighted by atomic mass is 9.95. The Morgan fingerprint density at radius 1 is 1.29 bits per heavy atom. The summed E-state index contributed by atoms with van der Waals surface area (Å²) in [5.74, 6) is 3.22. The van der Waals surface area contributed by atoms with E-state index in [2.05, 4.69) is 32.7 Å². The van der Waals surface area contributed by atoms with Gasteiger partial charge in [-0.05, 0) is 17.7 Å². The van der Waals surface area contributed by atoms with Gasteiger partial charge in [0, 0.05) is 50.4 Å². The number of hydrogen-bond acceptors (Lipinski definition) is 5. The van der Waals surface area contributed by atoms with Crippen LogP contribution >= 0.6 is 35.7 Å². The summed E-state index contributed by atoms with van der Waals surface area (Å²) in [6.45, 7) is 5.32. The number of morpholine rings is 1. The number of ether oxygens (including phenoxy) is 1. The molecule has 2 saturated heterocycles. The van der Waals surface area contributed by atoms with Crippen LogP contribution in [0.15, 0.2) is 35.3 Å². The number of aliphatic imine (C=N–C) groups is 1. The Morgan fingerprint density at radius 2 is 2.04 bits per heavy atom. The number of halogens is 1. The van der Waals surface area contributed by atoms with Crippen LogP contribution in [0.4, 0.5) is 0 Å². The quantitative estimate of drug-likeness (QED) is 0.289. The van der Waals surface area contributed by atoms with Crippen molar-refractivity contribution in [3.05, 3.63) is 35.9 Å². The molecule has 8 heteroatoms. The summed E-state index contributed by atoms with van der Waals surface area (Å²) >= 11 is 2.04. The van der Waals surface area contributed by atoms with E-state index >= 15 is 0 Å². The van der Waals surface area contributed by atoms with Crippen molar-refractivity contribution in [3.8, 4) is 0 Å². The lowest BCUT2D eigenvalue weighted by Crippen LogP contribution is -2.60. The zero-order valence-corrected chi connectivity index (χ0v) is 19.7. The molecule has 28 heavy (non-hydrogen) atoms. The van der Waals surface area contributed by atoms with Gasteiger partial charge in [0.25, 0.3) is 0 Å². The van der Waals surface area contributed by atoms with Crippen molar-refractivity contribution >= 4 is 41.7 Å². The second kappa shape index (κ2) is 12.2. The Hall–Kier alpha value is -0.550. The molecular weight excluding hydrogens is 487 g/mol. The van der Waals surface area contributed by atoms with Crippen molar-refractivity contribution in [1.82, 2.24) is 15.5 Å². The first-order valence-electron chi connectivity index (χ1n) is 9.78. The van der Waals surface area contributed by atoms with E-state index in [9.17, 15) is 5.11 Å². The molecule has 0 aromatic heterocycles. The van der Waals surface area contributed by atoms with Crippen LogP contribution in [-0.2, 0) is 4.74 Å². The topological polar surface area (TPSA) is 69.1 Å². The third-order valence-corrected chi connectivity index (χ3v) is 6.81. The van der Waals surface area contributed by atoms with E-state index in [0.717, 1.165) is 50.1 Å². The number of thioether (sulfide) groups is 1. The fraction of sp³-hybridized carbons (Fsp3) is 0.650. The lowest BCUT2D eigenvalue weighted by Gasteiger charge is -2.43. The van der Waals surface area contributed by atoms with Gasteiger partial charge >= 0.3 is 0 Å². The highest BCUT2D eigenvalue weighted by Crippen LogP contribution is 2.33. The van der Waals surface area contributed by atoms with Crippen LogP contribution in [0, 0.1) is 0 Å². The zero-order valence-electron chi connectivity index (χ0n) is 16.6. The van der Waals surface area contributed by atoms with E-state index in [1.807, 2.05) is 30.0 Å². The standard InChI is InChI=1S/C20H32N4O2S.HI/c1-21-19(22-13-18(14-25)17-5-3-2-4-6-17)23-15-20(7-12-27-16-20)24-8-10-26-11-9-24;/h2-6,18,25H,7-16H2,1H3,(H2,21,22,23);1H. The van der Waals surface area contributed by atoms with Crippen molar-refractivity contribution in [1.29, 1.82) is 0 Å². The van der Waals surface area contributed by atoms with Crippen LogP contribution in [0.3, 0.4) is 0 Å². The molecular formula is C20H33IN4O2S. The third-order valence-electron chi connectivity index (χ3n) is 5.58. The Balaban J connectivity index is 0.00000280. The third kappa shape index (κ3) is 6.22. The maximum absolute atomic E-state index is 9.76. The van der Waals surface area contributed by atoms with Gasteiger partial charge in [-0.3, -0.25) is 9.89 Å². The molecule has 0 bridgehead atoms. The normalized spacial score (nSPS) is 24.4. The molecule has 2 unspecified atom stereocenters. The lowest BCUT2D eigenvalue weighted by molar-refractivity contribution is -0.0120. The average molecular weight is 520 g/mol. The maximum atomic E-state index is 9.76. The maximum Gasteiger partial charge on any atom is 0.191 e. The molecule has 0 aliphatic carbocycles. The Morgan fingerprint density at radius 3 is 2.64 bits per heavy atom. The molecule has 158 valence electrons. The Labute approximate surface area is 189 Å². The van der Waals surface area contributed by atoms with Gasteiger partial charge in [-0.25, -0.2) is 0 Å². The Kier molecular flexibility index (Phi) is 10.4. The number of aliphatic hydroxyl groups is 1. The van der Waals surface area contributed by atoms with Gasteiger partial charge in [0.1, 0.15) is 0 Å². The number of nitrogens with one attached hydrogen (secondary N) is 2. The van der Waals surface area contributed by atoms with E-state index in [-0.39, 0.29) is 42.0 Å². The zero-order chi connectivity index (χ0) is 19.0. The minimum Gasteiger partial charge on any atom is -0.396 e. The summed E-state index contributed by atoms with van der Waals surface area (Å²) in [4.78, 5) is 6.98. The monoisotopic (exact) mass is 520 g/mol. The van der Waals surface area contributed by atoms with Crippen molar-refractivity contribution in [2.75, 3.05) is 64.6 Å². The summed E-state index contributed by atoms with van der Waals surface area (Å²) in [5.41, 5.74) is 1.32. The van der Waals surface area contributed by atoms with Gasteiger partial charge in [0.05, 0.1) is 19.8 Å². The molecule has 2 heterocycles. The van der Waals surface area contributed by atoms with E-state index in [4.69, 9.17) is 4.74 Å². The fourth-order valence-electron chi connectivity index (χ4n) is 3.84. The van der Waals surface area contributed by atoms with Gasteiger partial charge < -0.3 is 20.5 Å². The average Bonchev–Trinajstić information content (AvgIpc) is 3.22. The minimum absolute atomic E-state index is 0. The number of guanidine groups is 1. The van der Waals surface area contributed by atoms with Crippen molar-refractivity contribution in [2.45, 2.75) is 17.9 Å². The van der Waals surface area contributed by atoms with E-state index in [0.29, 0.717) is 6.54 Å². The number of rotatable bonds is 7. The first-order chi connectivity index (χ1) is 13.3. The van der Waals surface area contributed by atoms with Gasteiger partial charge in [-0.15, -0.1) is 24.0 Å². The number of hydrogen-bond donors (Lipinski definition) is 3. The number of nitrogens with zero attached hydrogens (tertiary/aromatic N) is 2. The van der Waals surface area contributed by atoms with Gasteiger partial charge in [0.15, 0.2) is 5.96 Å². The molecule has 6 nitrogen and oxygen atoms in total. The molecule has 0 spiro atoms. The fourth-order valence-corrected chi connectivity index (χ4v) is 5.31. The van der Waals surface area contributed by atoms with Crippen LogP contribution in [0.25, 0.3) is 0 Å². The van der Waals surface area contributed by atoms with Crippen molar-refractivity contribution < 1.29 is 9.84 Å². The second-order valence-electron chi connectivity index (χ2n) is 7.22. The molecule has 0 amide bonds. The highest BCUT2D eigenvalue weighted by Gasteiger charge is 2.40. The molecule has 2 aliphatic heterocycles. The van der Waals surface area contributed by atoms with E-state index < -0.39 is 0 Å². The second-order valence-corrected chi connectivity index (χ2v) is 8.33. The van der Waals surface area contributed by atoms with Crippen LogP contribution in [0.5, 0.6) is 0 Å². The molecule has 3 N–H and O–H groups in total. The largest absolute Gasteiger partial charge is 0.396 e. The van der Waals surface area contributed by atoms with Crippen LogP contribution in [-0.4, -0.2) is 86.1 Å². The molecule has 2 aliphatic rings. The Bertz CT molecular complexity index is 593. The minimum atomic E-state index is 0. The van der Waals surface area contributed by atoms with Crippen molar-refractivity contribution in [2.24, 2.45) is 4.99 Å². The molecule has 2 atom stereocenters. The number of aliphatic hydroxyl groups excluding tert-OH is 1. The van der Waals surface area contributed by atoms with Gasteiger partial charge in [0.2, 0.25) is 0 Å². The highest BCUT2D eigenvalue weighted by molar-refractivity contribution is 14.0. The first-order valence-corrected chi connectivity index (χ1v) is 10.9. The molecule has 1 aromatic carbocycles. The van der Waals surface area contributed by atoms with Crippen LogP contribution in [0.1, 0.15) is 17.9 Å². The van der Waals surface area contributed by atoms with Crippen molar-refractivity contribution in [3.63, 3.8) is 0 Å². The molecule has 0 radical (unpaired) electrons. The predicted octanol–water partition coefficient (Wildman–Crippen LogP) is 1.75. The number of benzene rings is 1. The van der Waals surface area contributed by atoms with Crippen LogP contribution < -0.4 is 10.6 Å². The van der Waals surface area contributed by atoms with Crippen LogP contribution in [0.2, 0.25) is 0 Å². The summed E-state index contributed by atoms with van der Waals surface area (Å²) in [6, 6.07) is 10.1. The summed E-state index contributed by atoms with van der Waals surface area (Å²) in [5, 5.41) is 16.7. The smallest absolute Gasteiger partial charge is 0.191 e. The molecule has 1 aromatic rings.